The number of aryl methyl sites for hydroxylation is 2. The molecule has 0 atom stereocenters. The van der Waals surface area contributed by atoms with E-state index >= 15 is 0 Å². The number of amides is 1. The maximum Gasteiger partial charge on any atom is 0.315 e. The van der Waals surface area contributed by atoms with Crippen molar-refractivity contribution in [3.05, 3.63) is 63.3 Å². The average Bonchev–Trinajstić information content (AvgIpc) is 3.06. The summed E-state index contributed by atoms with van der Waals surface area (Å²) < 4.78 is 8.88. The summed E-state index contributed by atoms with van der Waals surface area (Å²) in [4.78, 5) is 17.2. The molecule has 2 heterocycles. The lowest BCUT2D eigenvalue weighted by Gasteiger charge is -2.03. The van der Waals surface area contributed by atoms with Gasteiger partial charge < -0.3 is 8.98 Å². The molecule has 3 aromatic rings. The highest BCUT2D eigenvalue weighted by molar-refractivity contribution is 9.10. The number of aromatic nitrogens is 1. The van der Waals surface area contributed by atoms with Crippen LogP contribution in [-0.2, 0) is 6.54 Å². The van der Waals surface area contributed by atoms with E-state index in [0.29, 0.717) is 16.0 Å². The Morgan fingerprint density at radius 2 is 2.13 bits per heavy atom. The van der Waals surface area contributed by atoms with E-state index in [-0.39, 0.29) is 5.76 Å². The second kappa shape index (κ2) is 6.29. The van der Waals surface area contributed by atoms with Gasteiger partial charge in [0.05, 0.1) is 10.2 Å². The van der Waals surface area contributed by atoms with E-state index in [1.807, 2.05) is 4.57 Å². The van der Waals surface area contributed by atoms with E-state index in [1.165, 1.54) is 22.5 Å². The molecule has 0 unspecified atom stereocenters. The molecule has 1 amide bonds. The molecule has 0 saturated carbocycles. The number of rotatable bonds is 3. The SMILES string of the molecule is C=CCn1c(=NC(=O)c2ccc(Br)o2)sc2cc(C)c(C)cc21. The molecule has 4 nitrogen and oxygen atoms in total. The molecule has 2 aromatic heterocycles. The van der Waals surface area contributed by atoms with E-state index in [1.54, 1.807) is 18.2 Å². The first-order valence-corrected chi connectivity index (χ1v) is 8.66. The Kier molecular flexibility index (Phi) is 4.37. The Labute approximate surface area is 145 Å². The van der Waals surface area contributed by atoms with E-state index < -0.39 is 5.91 Å². The highest BCUT2D eigenvalue weighted by Gasteiger charge is 2.12. The largest absolute Gasteiger partial charge is 0.444 e. The Hall–Kier alpha value is -1.92. The van der Waals surface area contributed by atoms with Crippen LogP contribution in [0.15, 0.2) is 51.0 Å². The fourth-order valence-corrected chi connectivity index (χ4v) is 3.71. The number of furan rings is 1. The lowest BCUT2D eigenvalue weighted by atomic mass is 10.1. The number of thiazole rings is 1. The van der Waals surface area contributed by atoms with Crippen molar-refractivity contribution in [3.63, 3.8) is 0 Å². The van der Waals surface area contributed by atoms with Gasteiger partial charge in [-0.2, -0.15) is 4.99 Å². The average molecular weight is 391 g/mol. The number of fused-ring (bicyclic) bond motifs is 1. The van der Waals surface area contributed by atoms with Gasteiger partial charge in [0, 0.05) is 6.54 Å². The summed E-state index contributed by atoms with van der Waals surface area (Å²) in [5, 5.41) is 0. The van der Waals surface area contributed by atoms with Gasteiger partial charge in [0.1, 0.15) is 0 Å². The van der Waals surface area contributed by atoms with Crippen LogP contribution in [0.3, 0.4) is 0 Å². The molecule has 6 heteroatoms. The Morgan fingerprint density at radius 3 is 2.78 bits per heavy atom. The number of allylic oxidation sites excluding steroid dienone is 1. The maximum absolute atomic E-state index is 12.3. The van der Waals surface area contributed by atoms with Gasteiger partial charge >= 0.3 is 5.91 Å². The molecule has 3 rings (SSSR count). The zero-order valence-corrected chi connectivity index (χ0v) is 15.2. The van der Waals surface area contributed by atoms with E-state index in [0.717, 1.165) is 10.2 Å². The quantitative estimate of drug-likeness (QED) is 0.613. The number of carbonyl (C=O) groups is 1. The zero-order valence-electron chi connectivity index (χ0n) is 12.8. The van der Waals surface area contributed by atoms with E-state index in [4.69, 9.17) is 4.42 Å². The molecule has 0 aliphatic rings. The highest BCUT2D eigenvalue weighted by Crippen LogP contribution is 2.22. The number of hydrogen-bond donors (Lipinski definition) is 0. The van der Waals surface area contributed by atoms with Gasteiger partial charge in [-0.1, -0.05) is 17.4 Å². The fraction of sp³-hybridized carbons (Fsp3) is 0.176. The Balaban J connectivity index is 2.19. The lowest BCUT2D eigenvalue weighted by molar-refractivity contribution is 0.0970. The Bertz CT molecular complexity index is 978. The minimum absolute atomic E-state index is 0.215. The summed E-state index contributed by atoms with van der Waals surface area (Å²) in [6.45, 7) is 8.54. The van der Waals surface area contributed by atoms with Crippen molar-refractivity contribution < 1.29 is 9.21 Å². The van der Waals surface area contributed by atoms with E-state index in [9.17, 15) is 4.79 Å². The first kappa shape index (κ1) is 16.0. The van der Waals surface area contributed by atoms with Crippen LogP contribution >= 0.6 is 27.3 Å². The molecular weight excluding hydrogens is 376 g/mol. The summed E-state index contributed by atoms with van der Waals surface area (Å²) >= 11 is 4.68. The summed E-state index contributed by atoms with van der Waals surface area (Å²) in [5.74, 6) is -0.180. The molecule has 0 spiro atoms. The topological polar surface area (TPSA) is 47.5 Å². The van der Waals surface area contributed by atoms with Gasteiger partial charge in [0.2, 0.25) is 0 Å². The van der Waals surface area contributed by atoms with Crippen LogP contribution in [0.2, 0.25) is 0 Å². The van der Waals surface area contributed by atoms with Crippen LogP contribution in [0.25, 0.3) is 10.2 Å². The molecule has 0 N–H and O–H groups in total. The van der Waals surface area contributed by atoms with Crippen LogP contribution in [-0.4, -0.2) is 10.5 Å². The zero-order chi connectivity index (χ0) is 16.6. The van der Waals surface area contributed by atoms with Crippen molar-refractivity contribution >= 4 is 43.4 Å². The van der Waals surface area contributed by atoms with Gasteiger partial charge in [0.25, 0.3) is 0 Å². The van der Waals surface area contributed by atoms with Gasteiger partial charge in [-0.15, -0.1) is 6.58 Å². The second-order valence-corrected chi connectivity index (χ2v) is 7.00. The van der Waals surface area contributed by atoms with Crippen molar-refractivity contribution in [2.75, 3.05) is 0 Å². The highest BCUT2D eigenvalue weighted by atomic mass is 79.9. The summed E-state index contributed by atoms with van der Waals surface area (Å²) in [7, 11) is 0. The van der Waals surface area contributed by atoms with Gasteiger partial charge in [-0.3, -0.25) is 4.79 Å². The predicted octanol–water partition coefficient (Wildman–Crippen LogP) is 4.60. The van der Waals surface area contributed by atoms with Crippen LogP contribution in [0.5, 0.6) is 0 Å². The monoisotopic (exact) mass is 390 g/mol. The van der Waals surface area contributed by atoms with Crippen molar-refractivity contribution in [1.29, 1.82) is 0 Å². The molecular formula is C17H15BrN2O2S. The third-order valence-electron chi connectivity index (χ3n) is 3.59. The second-order valence-electron chi connectivity index (χ2n) is 5.21. The molecule has 0 aliphatic carbocycles. The summed E-state index contributed by atoms with van der Waals surface area (Å²) in [6, 6.07) is 7.53. The predicted molar refractivity (Wildman–Crippen MR) is 95.8 cm³/mol. The third-order valence-corrected chi connectivity index (χ3v) is 5.06. The van der Waals surface area contributed by atoms with Gasteiger partial charge in [0.15, 0.2) is 15.2 Å². The molecule has 0 fully saturated rings. The molecule has 1 aromatic carbocycles. The minimum Gasteiger partial charge on any atom is -0.444 e. The van der Waals surface area contributed by atoms with Gasteiger partial charge in [-0.25, -0.2) is 0 Å². The molecule has 0 bridgehead atoms. The molecule has 23 heavy (non-hydrogen) atoms. The maximum atomic E-state index is 12.3. The number of halogens is 1. The van der Waals surface area contributed by atoms with Crippen LogP contribution in [0, 0.1) is 13.8 Å². The summed E-state index contributed by atoms with van der Waals surface area (Å²) in [6.07, 6.45) is 1.80. The van der Waals surface area contributed by atoms with Crippen LogP contribution in [0.4, 0.5) is 0 Å². The smallest absolute Gasteiger partial charge is 0.315 e. The Morgan fingerprint density at radius 1 is 1.39 bits per heavy atom. The van der Waals surface area contributed by atoms with Crippen molar-refractivity contribution in [1.82, 2.24) is 4.57 Å². The first-order valence-electron chi connectivity index (χ1n) is 7.05. The molecule has 0 radical (unpaired) electrons. The normalized spacial score (nSPS) is 12.0. The standard InChI is InChI=1S/C17H15BrN2O2S/c1-4-7-20-12-8-10(2)11(3)9-14(12)23-17(20)19-16(21)13-5-6-15(18)22-13/h4-6,8-9H,1,7H2,2-3H3. The first-order chi connectivity index (χ1) is 11.0. The van der Waals surface area contributed by atoms with Gasteiger partial charge in [-0.05, 0) is 65.2 Å². The van der Waals surface area contributed by atoms with Crippen LogP contribution in [0.1, 0.15) is 21.7 Å². The number of benzene rings is 1. The lowest BCUT2D eigenvalue weighted by Crippen LogP contribution is -2.16. The molecule has 0 aliphatic heterocycles. The number of carbonyl (C=O) groups excluding carboxylic acids is 1. The number of nitrogens with zero attached hydrogens (tertiary/aromatic N) is 2. The summed E-state index contributed by atoms with van der Waals surface area (Å²) in [5.41, 5.74) is 3.49. The van der Waals surface area contributed by atoms with Crippen LogP contribution < -0.4 is 4.80 Å². The van der Waals surface area contributed by atoms with Crippen molar-refractivity contribution in [2.45, 2.75) is 20.4 Å². The van der Waals surface area contributed by atoms with Crippen molar-refractivity contribution in [2.24, 2.45) is 4.99 Å². The van der Waals surface area contributed by atoms with E-state index in [2.05, 4.69) is 53.5 Å². The van der Waals surface area contributed by atoms with Crippen molar-refractivity contribution in [3.8, 4) is 0 Å². The minimum atomic E-state index is -0.395. The molecule has 118 valence electrons. The third kappa shape index (κ3) is 3.09. The fourth-order valence-electron chi connectivity index (χ4n) is 2.28. The number of hydrogen-bond acceptors (Lipinski definition) is 3. The molecule has 0 saturated heterocycles.